The van der Waals surface area contributed by atoms with Crippen LogP contribution in [0.3, 0.4) is 0 Å². The Labute approximate surface area is 97.3 Å². The molecule has 1 amide bonds. The van der Waals surface area contributed by atoms with Crippen molar-refractivity contribution in [3.8, 4) is 0 Å². The van der Waals surface area contributed by atoms with Crippen LogP contribution in [-0.2, 0) is 4.79 Å². The summed E-state index contributed by atoms with van der Waals surface area (Å²) in [5.74, 6) is 0.867. The Morgan fingerprint density at radius 2 is 2.24 bits per heavy atom. The molecule has 8 nitrogen and oxygen atoms in total. The van der Waals surface area contributed by atoms with E-state index in [1.54, 1.807) is 14.1 Å². The first-order chi connectivity index (χ1) is 8.24. The number of aromatic nitrogens is 4. The number of likely N-dealkylation sites (N-methyl/N-ethyl adjacent to an activating group) is 1. The third kappa shape index (κ3) is 2.25. The van der Waals surface area contributed by atoms with E-state index < -0.39 is 0 Å². The van der Waals surface area contributed by atoms with Gasteiger partial charge in [-0.15, -0.1) is 0 Å². The van der Waals surface area contributed by atoms with E-state index in [9.17, 15) is 4.79 Å². The van der Waals surface area contributed by atoms with Crippen molar-refractivity contribution in [2.45, 2.75) is 0 Å². The second-order valence-corrected chi connectivity index (χ2v) is 3.27. The molecule has 90 valence electrons. The lowest BCUT2D eigenvalue weighted by Gasteiger charge is -2.06. The van der Waals surface area contributed by atoms with E-state index in [0.29, 0.717) is 22.9 Å². The number of hydrogen-bond acceptors (Lipinski definition) is 6. The van der Waals surface area contributed by atoms with E-state index in [0.717, 1.165) is 0 Å². The van der Waals surface area contributed by atoms with Crippen molar-refractivity contribution in [3.05, 3.63) is 6.33 Å². The molecule has 17 heavy (non-hydrogen) atoms. The minimum absolute atomic E-state index is 0.123. The lowest BCUT2D eigenvalue weighted by Crippen LogP contribution is -2.26. The molecule has 0 atom stereocenters. The average Bonchev–Trinajstić information content (AvgIpc) is 2.83. The zero-order chi connectivity index (χ0) is 12.3. The zero-order valence-electron chi connectivity index (χ0n) is 9.53. The quantitative estimate of drug-likeness (QED) is 0.572. The van der Waals surface area contributed by atoms with Crippen LogP contribution in [0.2, 0.25) is 0 Å². The molecule has 0 saturated heterocycles. The van der Waals surface area contributed by atoms with Crippen LogP contribution in [0.15, 0.2) is 6.33 Å². The van der Waals surface area contributed by atoms with Gasteiger partial charge in [0, 0.05) is 14.1 Å². The number of hydrogen-bond donors (Lipinski definition) is 4. The number of anilines is 2. The molecule has 0 radical (unpaired) electrons. The zero-order valence-corrected chi connectivity index (χ0v) is 9.53. The number of amides is 1. The fourth-order valence-corrected chi connectivity index (χ4v) is 1.33. The Morgan fingerprint density at radius 3 is 2.94 bits per heavy atom. The standard InChI is InChI=1S/C9H13N7O/c1-10-5(17)3-12-7-6-8(14-4-13-6)16-9(11-2)15-7/h4H,3H2,1-2H3,(H,10,17)(H3,11,12,13,14,15,16). The van der Waals surface area contributed by atoms with Crippen molar-refractivity contribution in [3.63, 3.8) is 0 Å². The summed E-state index contributed by atoms with van der Waals surface area (Å²) in [6.07, 6.45) is 1.53. The molecule has 0 bridgehead atoms. The van der Waals surface area contributed by atoms with Gasteiger partial charge in [-0.1, -0.05) is 0 Å². The molecule has 0 aliphatic carbocycles. The Morgan fingerprint density at radius 1 is 1.41 bits per heavy atom. The van der Waals surface area contributed by atoms with Gasteiger partial charge in [0.15, 0.2) is 11.5 Å². The van der Waals surface area contributed by atoms with Gasteiger partial charge in [0.25, 0.3) is 0 Å². The maximum Gasteiger partial charge on any atom is 0.239 e. The van der Waals surface area contributed by atoms with Gasteiger partial charge in [-0.05, 0) is 0 Å². The molecule has 2 aromatic heterocycles. The number of aromatic amines is 1. The van der Waals surface area contributed by atoms with Gasteiger partial charge in [0.1, 0.15) is 5.52 Å². The Bertz CT molecular complexity index is 535. The predicted molar refractivity (Wildman–Crippen MR) is 63.8 cm³/mol. The molecule has 0 saturated carbocycles. The number of carbonyl (C=O) groups excluding carboxylic acids is 1. The van der Waals surface area contributed by atoms with Crippen molar-refractivity contribution in [2.24, 2.45) is 0 Å². The number of nitrogens with one attached hydrogen (secondary N) is 4. The van der Waals surface area contributed by atoms with Gasteiger partial charge in [-0.2, -0.15) is 9.97 Å². The fourth-order valence-electron chi connectivity index (χ4n) is 1.33. The van der Waals surface area contributed by atoms with Crippen molar-refractivity contribution in [1.82, 2.24) is 25.3 Å². The molecule has 0 spiro atoms. The SMILES string of the molecule is CNC(=O)CNc1nc(NC)nc2nc[nH]c12. The van der Waals surface area contributed by atoms with Crippen molar-refractivity contribution < 1.29 is 4.79 Å². The second kappa shape index (κ2) is 4.64. The van der Waals surface area contributed by atoms with Crippen LogP contribution in [0, 0.1) is 0 Å². The second-order valence-electron chi connectivity index (χ2n) is 3.27. The van der Waals surface area contributed by atoms with Gasteiger partial charge in [0.2, 0.25) is 11.9 Å². The largest absolute Gasteiger partial charge is 0.359 e. The highest BCUT2D eigenvalue weighted by Gasteiger charge is 2.09. The molecule has 2 aromatic rings. The van der Waals surface area contributed by atoms with Crippen molar-refractivity contribution in [2.75, 3.05) is 31.3 Å². The third-order valence-corrected chi connectivity index (χ3v) is 2.20. The molecule has 0 aliphatic heterocycles. The highest BCUT2D eigenvalue weighted by atomic mass is 16.1. The van der Waals surface area contributed by atoms with Crippen molar-refractivity contribution in [1.29, 1.82) is 0 Å². The van der Waals surface area contributed by atoms with Gasteiger partial charge in [-0.3, -0.25) is 4.79 Å². The lowest BCUT2D eigenvalue weighted by molar-refractivity contribution is -0.118. The van der Waals surface area contributed by atoms with Crippen LogP contribution in [-0.4, -0.2) is 46.5 Å². The topological polar surface area (TPSA) is 108 Å². The molecular formula is C9H13N7O. The van der Waals surface area contributed by atoms with E-state index in [4.69, 9.17) is 0 Å². The van der Waals surface area contributed by atoms with Crippen LogP contribution >= 0.6 is 0 Å². The van der Waals surface area contributed by atoms with E-state index in [-0.39, 0.29) is 12.5 Å². The first kappa shape index (κ1) is 11.1. The summed E-state index contributed by atoms with van der Waals surface area (Å²) in [6.45, 7) is 0.144. The van der Waals surface area contributed by atoms with Crippen molar-refractivity contribution >= 4 is 28.8 Å². The first-order valence-corrected chi connectivity index (χ1v) is 5.08. The summed E-state index contributed by atoms with van der Waals surface area (Å²) in [7, 11) is 3.30. The van der Waals surface area contributed by atoms with E-state index in [1.165, 1.54) is 6.33 Å². The van der Waals surface area contributed by atoms with Crippen LogP contribution < -0.4 is 16.0 Å². The smallest absolute Gasteiger partial charge is 0.239 e. The third-order valence-electron chi connectivity index (χ3n) is 2.20. The number of nitrogens with zero attached hydrogens (tertiary/aromatic N) is 3. The van der Waals surface area contributed by atoms with Crippen LogP contribution in [0.25, 0.3) is 11.2 Å². The molecule has 0 aromatic carbocycles. The van der Waals surface area contributed by atoms with E-state index in [2.05, 4.69) is 35.9 Å². The van der Waals surface area contributed by atoms with Gasteiger partial charge in [0.05, 0.1) is 12.9 Å². The fraction of sp³-hybridized carbons (Fsp3) is 0.333. The molecule has 4 N–H and O–H groups in total. The molecular weight excluding hydrogens is 222 g/mol. The summed E-state index contributed by atoms with van der Waals surface area (Å²) < 4.78 is 0. The van der Waals surface area contributed by atoms with Crippen LogP contribution in [0.5, 0.6) is 0 Å². The van der Waals surface area contributed by atoms with Gasteiger partial charge in [-0.25, -0.2) is 4.98 Å². The summed E-state index contributed by atoms with van der Waals surface area (Å²) in [6, 6.07) is 0. The van der Waals surface area contributed by atoms with E-state index in [1.807, 2.05) is 0 Å². The minimum atomic E-state index is -0.123. The van der Waals surface area contributed by atoms with Crippen LogP contribution in [0.1, 0.15) is 0 Å². The number of carbonyl (C=O) groups is 1. The van der Waals surface area contributed by atoms with Gasteiger partial charge >= 0.3 is 0 Å². The number of imidazole rings is 1. The molecule has 0 unspecified atom stereocenters. The Balaban J connectivity index is 2.30. The monoisotopic (exact) mass is 235 g/mol. The van der Waals surface area contributed by atoms with E-state index >= 15 is 0 Å². The molecule has 0 fully saturated rings. The molecule has 2 rings (SSSR count). The molecule has 2 heterocycles. The van der Waals surface area contributed by atoms with Gasteiger partial charge < -0.3 is 20.9 Å². The average molecular weight is 235 g/mol. The normalized spacial score (nSPS) is 10.2. The highest BCUT2D eigenvalue weighted by molar-refractivity contribution is 5.87. The first-order valence-electron chi connectivity index (χ1n) is 5.08. The Kier molecular flexibility index (Phi) is 3.03. The minimum Gasteiger partial charge on any atom is -0.359 e. The summed E-state index contributed by atoms with van der Waals surface area (Å²) in [4.78, 5) is 26.5. The lowest BCUT2D eigenvalue weighted by atomic mass is 10.4. The number of rotatable bonds is 4. The maximum absolute atomic E-state index is 11.2. The predicted octanol–water partition coefficient (Wildman–Crippen LogP) is -0.448. The highest BCUT2D eigenvalue weighted by Crippen LogP contribution is 2.17. The molecule has 8 heteroatoms. The Hall–Kier alpha value is -2.38. The summed E-state index contributed by atoms with van der Waals surface area (Å²) in [5.41, 5.74) is 1.22. The van der Waals surface area contributed by atoms with Crippen LogP contribution in [0.4, 0.5) is 11.8 Å². The molecule has 0 aliphatic rings. The summed E-state index contributed by atoms with van der Waals surface area (Å²) >= 11 is 0. The maximum atomic E-state index is 11.2. The number of fused-ring (bicyclic) bond motifs is 1. The number of H-pyrrole nitrogens is 1. The summed E-state index contributed by atoms with van der Waals surface area (Å²) in [5, 5.41) is 8.28.